The minimum absolute atomic E-state index is 0.0617. The van der Waals surface area contributed by atoms with Crippen molar-refractivity contribution in [2.75, 3.05) is 0 Å². The summed E-state index contributed by atoms with van der Waals surface area (Å²) >= 11 is 0. The molecule has 0 saturated carbocycles. The van der Waals surface area contributed by atoms with Gasteiger partial charge in [0.1, 0.15) is 0 Å². The van der Waals surface area contributed by atoms with Crippen molar-refractivity contribution in [3.8, 4) is 34.4 Å². The molecule has 246 valence electrons. The summed E-state index contributed by atoms with van der Waals surface area (Å²) in [5.74, 6) is -4.70. The van der Waals surface area contributed by atoms with E-state index in [9.17, 15) is 25.5 Å². The Hall–Kier alpha value is -6.86. The summed E-state index contributed by atoms with van der Waals surface area (Å²) in [5.41, 5.74) is 5.84. The molecule has 2 heterocycles. The van der Waals surface area contributed by atoms with Crippen molar-refractivity contribution in [1.29, 1.82) is 0 Å². The van der Waals surface area contributed by atoms with Crippen LogP contribution >= 0.6 is 0 Å². The number of nitrogens with zero attached hydrogens (tertiary/aromatic N) is 2. The second-order valence-electron chi connectivity index (χ2n) is 13.2. The Kier molecular flexibility index (Phi) is 6.03. The fourth-order valence-corrected chi connectivity index (χ4v) is 8.25. The summed E-state index contributed by atoms with van der Waals surface area (Å²) < 4.78 is 4.56. The van der Waals surface area contributed by atoms with Gasteiger partial charge in [-0.05, 0) is 58.3 Å². The predicted molar refractivity (Wildman–Crippen MR) is 204 cm³/mol. The van der Waals surface area contributed by atoms with Crippen molar-refractivity contribution >= 4 is 70.9 Å². The first kappa shape index (κ1) is 29.1. The molecule has 51 heavy (non-hydrogen) atoms. The maximum atomic E-state index is 10.9. The van der Waals surface area contributed by atoms with Crippen LogP contribution in [0.15, 0.2) is 133 Å². The molecule has 0 spiro atoms. The highest BCUT2D eigenvalue weighted by molar-refractivity contribution is 6.24. The molecule has 1 unspecified atom stereocenters. The van der Waals surface area contributed by atoms with Gasteiger partial charge in [0.05, 0.1) is 27.6 Å². The van der Waals surface area contributed by atoms with Gasteiger partial charge < -0.3 is 34.7 Å². The summed E-state index contributed by atoms with van der Waals surface area (Å²) in [5, 5.41) is 61.7. The number of hydrogen-bond acceptors (Lipinski definition) is 5. The van der Waals surface area contributed by atoms with Crippen LogP contribution in [0.2, 0.25) is 0 Å². The molecule has 1 aliphatic carbocycles. The van der Waals surface area contributed by atoms with Crippen molar-refractivity contribution in [1.82, 2.24) is 9.13 Å². The fraction of sp³-hybridized carbons (Fsp3) is 0.0455. The molecule has 9 aromatic rings. The van der Waals surface area contributed by atoms with Crippen molar-refractivity contribution in [2.45, 2.75) is 12.3 Å². The van der Waals surface area contributed by atoms with E-state index in [2.05, 4.69) is 112 Å². The summed E-state index contributed by atoms with van der Waals surface area (Å²) in [6, 6.07) is 40.5. The molecule has 7 heteroatoms. The van der Waals surface area contributed by atoms with E-state index >= 15 is 0 Å². The van der Waals surface area contributed by atoms with Crippen LogP contribution < -0.4 is 0 Å². The van der Waals surface area contributed by atoms with Crippen LogP contribution in [0.25, 0.3) is 76.5 Å². The molecule has 1 aliphatic rings. The number of benzene rings is 7. The average molecular weight is 667 g/mol. The van der Waals surface area contributed by atoms with Crippen molar-refractivity contribution in [3.63, 3.8) is 0 Å². The Balaban J connectivity index is 1.30. The van der Waals surface area contributed by atoms with Crippen LogP contribution in [0.4, 0.5) is 0 Å². The van der Waals surface area contributed by atoms with Gasteiger partial charge in [0.15, 0.2) is 11.5 Å². The highest BCUT2D eigenvalue weighted by Gasteiger charge is 2.29. The number of allylic oxidation sites excluding steroid dienone is 4. The number of phenols is 5. The summed E-state index contributed by atoms with van der Waals surface area (Å²) in [4.78, 5) is 0. The summed E-state index contributed by atoms with van der Waals surface area (Å²) in [6.45, 7) is 0. The Morgan fingerprint density at radius 3 is 1.71 bits per heavy atom. The Morgan fingerprint density at radius 1 is 0.471 bits per heavy atom. The first-order valence-corrected chi connectivity index (χ1v) is 16.9. The maximum absolute atomic E-state index is 10.9. The maximum Gasteiger partial charge on any atom is 0.208 e. The molecule has 10 rings (SSSR count). The van der Waals surface area contributed by atoms with E-state index in [-0.39, 0.29) is 5.56 Å². The molecule has 0 aliphatic heterocycles. The van der Waals surface area contributed by atoms with Gasteiger partial charge in [-0.2, -0.15) is 0 Å². The SMILES string of the molecule is Oc1c(O)c(O)c(C2C=C(n3c4ccccc4c4ccc5c6ccccc6n(-c6ccc7c(ccc8ccccc87)c6)c5c43)C=CC2)c(O)c1O. The number of hydrogen-bond donors (Lipinski definition) is 5. The number of aromatic nitrogens is 2. The molecule has 7 aromatic carbocycles. The van der Waals surface area contributed by atoms with E-state index in [1.165, 1.54) is 16.2 Å². The second kappa shape index (κ2) is 10.6. The van der Waals surface area contributed by atoms with Crippen molar-refractivity contribution in [3.05, 3.63) is 139 Å². The normalized spacial score (nSPS) is 14.8. The molecule has 2 aromatic heterocycles. The molecule has 5 N–H and O–H groups in total. The zero-order valence-corrected chi connectivity index (χ0v) is 27.1. The molecule has 0 fully saturated rings. The van der Waals surface area contributed by atoms with Crippen molar-refractivity contribution < 1.29 is 25.5 Å². The smallest absolute Gasteiger partial charge is 0.208 e. The molecule has 1 atom stereocenters. The van der Waals surface area contributed by atoms with Crippen LogP contribution in [0.5, 0.6) is 28.7 Å². The summed E-state index contributed by atoms with van der Waals surface area (Å²) in [6.07, 6.45) is 6.27. The lowest BCUT2D eigenvalue weighted by Crippen LogP contribution is -2.05. The van der Waals surface area contributed by atoms with Gasteiger partial charge in [-0.15, -0.1) is 0 Å². The quantitative estimate of drug-likeness (QED) is 0.0732. The van der Waals surface area contributed by atoms with Gasteiger partial charge in [-0.3, -0.25) is 0 Å². The fourth-order valence-electron chi connectivity index (χ4n) is 8.25. The third-order valence-electron chi connectivity index (χ3n) is 10.5. The van der Waals surface area contributed by atoms with Crippen LogP contribution in [-0.2, 0) is 0 Å². The highest BCUT2D eigenvalue weighted by Crippen LogP contribution is 2.55. The van der Waals surface area contributed by atoms with E-state index < -0.39 is 34.7 Å². The number of fused-ring (bicyclic) bond motifs is 10. The Labute approximate surface area is 290 Å². The molecular weight excluding hydrogens is 636 g/mol. The second-order valence-corrected chi connectivity index (χ2v) is 13.2. The molecule has 0 saturated heterocycles. The average Bonchev–Trinajstić information content (AvgIpc) is 3.69. The third-order valence-corrected chi connectivity index (χ3v) is 10.5. The standard InChI is InChI=1S/C44H30N2O5/c47-40-37(41(48)43(50)44(51)42(40)49)26-9-7-10-27(23-26)45-35-14-5-3-12-31(35)33-20-21-34-32-13-4-6-15-36(32)46(39(34)38(33)45)28-18-19-30-25(22-28)17-16-24-8-1-2-11-29(24)30/h1-8,10-23,26,47-51H,9H2. The number of para-hydroxylation sites is 2. The zero-order valence-electron chi connectivity index (χ0n) is 27.1. The zero-order chi connectivity index (χ0) is 34.5. The van der Waals surface area contributed by atoms with Gasteiger partial charge in [-0.1, -0.05) is 103 Å². The van der Waals surface area contributed by atoms with E-state index in [4.69, 9.17) is 0 Å². The lowest BCUT2D eigenvalue weighted by molar-refractivity contribution is 0.323. The molecule has 0 bridgehead atoms. The lowest BCUT2D eigenvalue weighted by Gasteiger charge is -2.22. The minimum Gasteiger partial charge on any atom is -0.504 e. The van der Waals surface area contributed by atoms with E-state index in [1.54, 1.807) is 0 Å². The van der Waals surface area contributed by atoms with Crippen LogP contribution in [0.1, 0.15) is 17.9 Å². The third kappa shape index (κ3) is 4.00. The number of aromatic hydroxyl groups is 5. The molecule has 0 radical (unpaired) electrons. The van der Waals surface area contributed by atoms with Gasteiger partial charge in [0.25, 0.3) is 0 Å². The Bertz CT molecular complexity index is 2990. The first-order valence-electron chi connectivity index (χ1n) is 16.9. The topological polar surface area (TPSA) is 111 Å². The van der Waals surface area contributed by atoms with Crippen molar-refractivity contribution in [2.24, 2.45) is 0 Å². The molecule has 7 nitrogen and oxygen atoms in total. The predicted octanol–water partition coefficient (Wildman–Crippen LogP) is 10.3. The largest absolute Gasteiger partial charge is 0.504 e. The summed E-state index contributed by atoms with van der Waals surface area (Å²) in [7, 11) is 0. The van der Waals surface area contributed by atoms with Gasteiger partial charge in [-0.25, -0.2) is 0 Å². The molecular formula is C44H30N2O5. The van der Waals surface area contributed by atoms with Crippen LogP contribution in [-0.4, -0.2) is 34.7 Å². The van der Waals surface area contributed by atoms with E-state index in [1.807, 2.05) is 30.4 Å². The van der Waals surface area contributed by atoms with E-state index in [0.717, 1.165) is 60.4 Å². The molecule has 0 amide bonds. The van der Waals surface area contributed by atoms with Gasteiger partial charge in [0.2, 0.25) is 17.2 Å². The monoisotopic (exact) mass is 666 g/mol. The first-order chi connectivity index (χ1) is 24.9. The van der Waals surface area contributed by atoms with Gasteiger partial charge in [0, 0.05) is 38.8 Å². The van der Waals surface area contributed by atoms with Crippen LogP contribution in [0, 0.1) is 0 Å². The number of phenolic OH excluding ortho intramolecular Hbond substituents is 5. The lowest BCUT2D eigenvalue weighted by atomic mass is 9.89. The van der Waals surface area contributed by atoms with E-state index in [0.29, 0.717) is 6.42 Å². The number of rotatable bonds is 3. The Morgan fingerprint density at radius 2 is 1.00 bits per heavy atom. The van der Waals surface area contributed by atoms with Crippen LogP contribution in [0.3, 0.4) is 0 Å². The van der Waals surface area contributed by atoms with Gasteiger partial charge >= 0.3 is 0 Å². The minimum atomic E-state index is -0.969. The highest BCUT2D eigenvalue weighted by atomic mass is 16.4.